The Bertz CT molecular complexity index is 2200. The van der Waals surface area contributed by atoms with Crippen molar-refractivity contribution in [1.82, 2.24) is 0 Å². The molecule has 4 aromatic rings. The van der Waals surface area contributed by atoms with Crippen LogP contribution in [0.25, 0.3) is 0 Å². The quantitative estimate of drug-likeness (QED) is 0.0661. The highest BCUT2D eigenvalue weighted by molar-refractivity contribution is 5.91. The Morgan fingerprint density at radius 3 is 1.22 bits per heavy atom. The first kappa shape index (κ1) is 49.2. The number of esters is 4. The number of carbonyl (C=O) groups excluding carboxylic acids is 4. The Kier molecular flexibility index (Phi) is 16.8. The summed E-state index contributed by atoms with van der Waals surface area (Å²) in [5, 5.41) is 65.7. The zero-order valence-electron chi connectivity index (χ0n) is 35.7. The van der Waals surface area contributed by atoms with E-state index in [4.69, 9.17) is 47.4 Å². The second-order valence-corrected chi connectivity index (χ2v) is 15.6. The number of methoxy groups -OCH3 is 1. The molecule has 3 aliphatic rings. The van der Waals surface area contributed by atoms with Crippen molar-refractivity contribution >= 4 is 23.9 Å². The zero-order chi connectivity index (χ0) is 47.6. The van der Waals surface area contributed by atoms with E-state index >= 15 is 0 Å². The lowest BCUT2D eigenvalue weighted by Gasteiger charge is -2.49. The highest BCUT2D eigenvalue weighted by atomic mass is 16.8. The molecule has 0 amide bonds. The summed E-state index contributed by atoms with van der Waals surface area (Å²) in [6, 6.07) is 30.7. The van der Waals surface area contributed by atoms with Gasteiger partial charge in [0.1, 0.15) is 61.5 Å². The molecule has 0 bridgehead atoms. The normalized spacial score (nSPS) is 31.8. The smallest absolute Gasteiger partial charge is 0.338 e. The van der Waals surface area contributed by atoms with Crippen molar-refractivity contribution in [2.24, 2.45) is 0 Å². The minimum Gasteiger partial charge on any atom is -0.459 e. The molecule has 3 aliphatic heterocycles. The number of carbonyl (C=O) groups is 4. The van der Waals surface area contributed by atoms with Gasteiger partial charge in [0.25, 0.3) is 0 Å². The fourth-order valence-electron chi connectivity index (χ4n) is 7.68. The van der Waals surface area contributed by atoms with Crippen LogP contribution in [-0.4, -0.2) is 174 Å². The molecule has 15 atom stereocenters. The Morgan fingerprint density at radius 1 is 0.433 bits per heavy atom. The van der Waals surface area contributed by atoms with Crippen molar-refractivity contribution < 1.29 is 97.2 Å². The summed E-state index contributed by atoms with van der Waals surface area (Å²) in [5.41, 5.74) is 0.179. The molecule has 3 fully saturated rings. The van der Waals surface area contributed by atoms with Crippen molar-refractivity contribution in [3.63, 3.8) is 0 Å². The van der Waals surface area contributed by atoms with Crippen molar-refractivity contribution in [2.45, 2.75) is 92.1 Å². The molecule has 67 heavy (non-hydrogen) atoms. The molecular weight excluding hydrogens is 884 g/mol. The Hall–Kier alpha value is -5.72. The first-order valence-corrected chi connectivity index (χ1v) is 21.2. The van der Waals surface area contributed by atoms with Crippen molar-refractivity contribution in [1.29, 1.82) is 0 Å². The third kappa shape index (κ3) is 11.5. The van der Waals surface area contributed by atoms with Crippen LogP contribution in [0.2, 0.25) is 0 Å². The highest BCUT2D eigenvalue weighted by Gasteiger charge is 2.57. The second-order valence-electron chi connectivity index (χ2n) is 15.6. The van der Waals surface area contributed by atoms with E-state index in [-0.39, 0.29) is 22.3 Å². The van der Waals surface area contributed by atoms with E-state index in [1.165, 1.54) is 55.6 Å². The molecule has 0 radical (unpaired) electrons. The van der Waals surface area contributed by atoms with Crippen LogP contribution < -0.4 is 0 Å². The summed E-state index contributed by atoms with van der Waals surface area (Å²) in [6.45, 7) is -2.39. The topological polar surface area (TPSA) is 282 Å². The Morgan fingerprint density at radius 2 is 0.791 bits per heavy atom. The number of aliphatic hydroxyl groups excluding tert-OH is 6. The monoisotopic (exact) mass is 934 g/mol. The summed E-state index contributed by atoms with van der Waals surface area (Å²) in [6.07, 6.45) is -26.7. The van der Waals surface area contributed by atoms with Gasteiger partial charge in [-0.15, -0.1) is 0 Å². The van der Waals surface area contributed by atoms with Gasteiger partial charge in [0, 0.05) is 7.11 Å². The number of hydrogen-bond acceptors (Lipinski definition) is 20. The molecule has 4 aromatic carbocycles. The summed E-state index contributed by atoms with van der Waals surface area (Å²) >= 11 is 0. The zero-order valence-corrected chi connectivity index (χ0v) is 35.7. The molecule has 3 saturated heterocycles. The third-order valence-electron chi connectivity index (χ3n) is 11.2. The van der Waals surface area contributed by atoms with Crippen molar-refractivity contribution in [2.75, 3.05) is 26.9 Å². The van der Waals surface area contributed by atoms with Gasteiger partial charge in [0.2, 0.25) is 0 Å². The van der Waals surface area contributed by atoms with E-state index in [0.717, 1.165) is 0 Å². The van der Waals surface area contributed by atoms with Crippen LogP contribution in [0.3, 0.4) is 0 Å². The summed E-state index contributed by atoms with van der Waals surface area (Å²) in [5.74, 6) is -3.83. The largest absolute Gasteiger partial charge is 0.459 e. The fraction of sp³-hybridized carbons (Fsp3) is 0.404. The van der Waals surface area contributed by atoms with Gasteiger partial charge in [-0.25, -0.2) is 19.2 Å². The minimum atomic E-state index is -2.10. The number of hydrogen-bond donors (Lipinski definition) is 6. The van der Waals surface area contributed by atoms with Crippen molar-refractivity contribution in [3.05, 3.63) is 144 Å². The SMILES string of the molecule is CO[C@@H]1O[C@H](CO)[C@H](O)[C@H](O[C@@H]2O[C@H](CO)[C@H](O)[C@H](O[C@@H]3O[C@H](COC(=O)c4ccccc4)[C@H](OC(=O)c4ccccc4)[C@H](OC(=O)c4ccccc4)[C@H]3OC(=O)c3ccccc3)[C@H]2O)[C@H]1O. The summed E-state index contributed by atoms with van der Waals surface area (Å²) in [7, 11) is 1.18. The number of ether oxygens (including phenoxy) is 10. The van der Waals surface area contributed by atoms with Gasteiger partial charge in [-0.05, 0) is 48.5 Å². The molecule has 6 N–H and O–H groups in total. The van der Waals surface area contributed by atoms with Gasteiger partial charge in [0.05, 0.1) is 35.5 Å². The third-order valence-corrected chi connectivity index (χ3v) is 11.2. The lowest BCUT2D eigenvalue weighted by Crippen LogP contribution is -2.67. The first-order chi connectivity index (χ1) is 32.4. The van der Waals surface area contributed by atoms with Crippen LogP contribution in [0.1, 0.15) is 41.4 Å². The van der Waals surface area contributed by atoms with E-state index in [1.807, 2.05) is 0 Å². The lowest BCUT2D eigenvalue weighted by atomic mass is 9.95. The van der Waals surface area contributed by atoms with E-state index in [1.54, 1.807) is 72.8 Å². The van der Waals surface area contributed by atoms with E-state index in [0.29, 0.717) is 0 Å². The van der Waals surface area contributed by atoms with Gasteiger partial charge < -0.3 is 78.0 Å². The molecule has 0 unspecified atom stereocenters. The number of benzene rings is 4. The standard InChI is InChI=1S/C47H50O20/c1-58-45-34(52)37(32(50)29(22-48)60-45)66-46-35(53)38(33(51)30(23-49)61-46)67-47-40(65-44(57)28-20-12-5-13-21-28)39(64-43(56)27-18-10-4-11-19-27)36(63-42(55)26-16-8-3-9-17-26)31(62-47)24-59-41(54)25-14-6-2-7-15-25/h2-21,29-40,45-53H,22-24H2,1H3/t29-,30-,31-,32+,33+,34-,35-,36+,37+,38+,39+,40-,45-,46+,47+/m1/s1. The van der Waals surface area contributed by atoms with Crippen LogP contribution >= 0.6 is 0 Å². The summed E-state index contributed by atoms with van der Waals surface area (Å²) < 4.78 is 58.6. The fourth-order valence-corrected chi connectivity index (χ4v) is 7.68. The van der Waals surface area contributed by atoms with E-state index in [9.17, 15) is 49.8 Å². The second kappa shape index (κ2) is 22.9. The predicted octanol–water partition coefficient (Wildman–Crippen LogP) is 0.540. The molecule has 3 heterocycles. The van der Waals surface area contributed by atoms with Crippen LogP contribution in [0.5, 0.6) is 0 Å². The predicted molar refractivity (Wildman–Crippen MR) is 225 cm³/mol. The first-order valence-electron chi connectivity index (χ1n) is 21.2. The molecule has 358 valence electrons. The van der Waals surface area contributed by atoms with E-state index in [2.05, 4.69) is 0 Å². The van der Waals surface area contributed by atoms with Gasteiger partial charge in [-0.2, -0.15) is 0 Å². The van der Waals surface area contributed by atoms with Crippen LogP contribution in [0, 0.1) is 0 Å². The Labute approximate surface area is 383 Å². The molecule has 0 saturated carbocycles. The maximum absolute atomic E-state index is 14.0. The molecule has 0 aliphatic carbocycles. The van der Waals surface area contributed by atoms with Crippen LogP contribution in [0.15, 0.2) is 121 Å². The lowest BCUT2D eigenvalue weighted by molar-refractivity contribution is -0.379. The molecule has 0 spiro atoms. The highest BCUT2D eigenvalue weighted by Crippen LogP contribution is 2.36. The molecular formula is C47H50O20. The number of aliphatic hydroxyl groups is 6. The molecule has 0 aromatic heterocycles. The Balaban J connectivity index is 1.29. The van der Waals surface area contributed by atoms with Crippen LogP contribution in [0.4, 0.5) is 0 Å². The minimum absolute atomic E-state index is 0.00445. The maximum atomic E-state index is 14.0. The van der Waals surface area contributed by atoms with Gasteiger partial charge in [0.15, 0.2) is 37.2 Å². The van der Waals surface area contributed by atoms with Crippen LogP contribution in [-0.2, 0) is 47.4 Å². The van der Waals surface area contributed by atoms with Gasteiger partial charge in [-0.1, -0.05) is 72.8 Å². The van der Waals surface area contributed by atoms with Gasteiger partial charge >= 0.3 is 23.9 Å². The average molecular weight is 935 g/mol. The molecule has 20 nitrogen and oxygen atoms in total. The average Bonchev–Trinajstić information content (AvgIpc) is 3.36. The number of rotatable bonds is 16. The van der Waals surface area contributed by atoms with Gasteiger partial charge in [-0.3, -0.25) is 0 Å². The molecule has 7 rings (SSSR count). The summed E-state index contributed by atoms with van der Waals surface area (Å²) in [4.78, 5) is 55.3. The van der Waals surface area contributed by atoms with E-state index < -0.39 is 136 Å². The maximum Gasteiger partial charge on any atom is 0.338 e. The molecule has 20 heteroatoms. The van der Waals surface area contributed by atoms with Crippen molar-refractivity contribution in [3.8, 4) is 0 Å².